The van der Waals surface area contributed by atoms with Gasteiger partial charge in [-0.15, -0.1) is 0 Å². The van der Waals surface area contributed by atoms with Crippen molar-refractivity contribution in [1.29, 1.82) is 0 Å². The molecule has 1 aromatic carbocycles. The van der Waals surface area contributed by atoms with Crippen molar-refractivity contribution in [3.8, 4) is 0 Å². The molecule has 1 amide bonds. The first-order chi connectivity index (χ1) is 10.4. The molecule has 5 nitrogen and oxygen atoms in total. The van der Waals surface area contributed by atoms with Crippen molar-refractivity contribution in [2.75, 3.05) is 5.32 Å². The predicted octanol–water partition coefficient (Wildman–Crippen LogP) is 3.23. The molecule has 112 valence electrons. The minimum atomic E-state index is -4.43. The Labute approximate surface area is 122 Å². The van der Waals surface area contributed by atoms with E-state index in [2.05, 4.69) is 20.3 Å². The van der Waals surface area contributed by atoms with Crippen LogP contribution < -0.4 is 5.32 Å². The molecular formula is C14H9F3N4O. The van der Waals surface area contributed by atoms with E-state index in [1.54, 1.807) is 6.20 Å². The molecule has 0 radical (unpaired) electrons. The number of fused-ring (bicyclic) bond motifs is 1. The molecule has 0 aliphatic rings. The highest BCUT2D eigenvalue weighted by molar-refractivity contribution is 6.08. The summed E-state index contributed by atoms with van der Waals surface area (Å²) >= 11 is 0. The molecule has 0 saturated carbocycles. The van der Waals surface area contributed by atoms with Gasteiger partial charge in [0.05, 0.1) is 16.6 Å². The molecule has 0 spiro atoms. The number of anilines is 1. The van der Waals surface area contributed by atoms with Gasteiger partial charge < -0.3 is 10.3 Å². The monoisotopic (exact) mass is 306 g/mol. The number of H-pyrrole nitrogens is 1. The van der Waals surface area contributed by atoms with Crippen molar-refractivity contribution >= 4 is 22.6 Å². The van der Waals surface area contributed by atoms with Gasteiger partial charge >= 0.3 is 6.18 Å². The SMILES string of the molecule is O=C(Nc1c[nH]c2ncncc12)c1ccc(C(F)(F)F)cc1. The van der Waals surface area contributed by atoms with Crippen LogP contribution in [0.2, 0.25) is 0 Å². The zero-order valence-corrected chi connectivity index (χ0v) is 11.0. The zero-order valence-electron chi connectivity index (χ0n) is 11.0. The Morgan fingerprint density at radius 3 is 2.59 bits per heavy atom. The van der Waals surface area contributed by atoms with Gasteiger partial charge in [0.25, 0.3) is 5.91 Å². The van der Waals surface area contributed by atoms with E-state index in [0.717, 1.165) is 24.3 Å². The number of carbonyl (C=O) groups is 1. The van der Waals surface area contributed by atoms with Crippen molar-refractivity contribution in [1.82, 2.24) is 15.0 Å². The number of aromatic amines is 1. The first kappa shape index (κ1) is 14.1. The Morgan fingerprint density at radius 1 is 1.18 bits per heavy atom. The lowest BCUT2D eigenvalue weighted by Gasteiger charge is -2.08. The number of rotatable bonds is 2. The highest BCUT2D eigenvalue weighted by Crippen LogP contribution is 2.29. The van der Waals surface area contributed by atoms with Crippen molar-refractivity contribution in [2.24, 2.45) is 0 Å². The van der Waals surface area contributed by atoms with Gasteiger partial charge in [-0.2, -0.15) is 13.2 Å². The first-order valence-corrected chi connectivity index (χ1v) is 6.21. The number of nitrogens with one attached hydrogen (secondary N) is 2. The van der Waals surface area contributed by atoms with Crippen LogP contribution in [0, 0.1) is 0 Å². The topological polar surface area (TPSA) is 70.7 Å². The summed E-state index contributed by atoms with van der Waals surface area (Å²) in [4.78, 5) is 22.8. The number of nitrogens with zero attached hydrogens (tertiary/aromatic N) is 2. The Morgan fingerprint density at radius 2 is 1.91 bits per heavy atom. The molecule has 0 saturated heterocycles. The van der Waals surface area contributed by atoms with Crippen molar-refractivity contribution in [3.05, 3.63) is 54.1 Å². The summed E-state index contributed by atoms with van der Waals surface area (Å²) < 4.78 is 37.4. The third kappa shape index (κ3) is 2.62. The first-order valence-electron chi connectivity index (χ1n) is 6.21. The summed E-state index contributed by atoms with van der Waals surface area (Å²) in [6.07, 6.45) is 0.00596. The average molecular weight is 306 g/mol. The summed E-state index contributed by atoms with van der Waals surface area (Å²) in [5.41, 5.74) is 0.335. The molecule has 22 heavy (non-hydrogen) atoms. The fraction of sp³-hybridized carbons (Fsp3) is 0.0714. The molecular weight excluding hydrogens is 297 g/mol. The molecule has 0 aliphatic heterocycles. The molecule has 2 aromatic heterocycles. The number of carbonyl (C=O) groups excluding carboxylic acids is 1. The van der Waals surface area contributed by atoms with Crippen LogP contribution in [-0.4, -0.2) is 20.9 Å². The third-order valence-corrected chi connectivity index (χ3v) is 3.08. The van der Waals surface area contributed by atoms with Crippen LogP contribution in [0.25, 0.3) is 11.0 Å². The van der Waals surface area contributed by atoms with E-state index in [4.69, 9.17) is 0 Å². The van der Waals surface area contributed by atoms with Gasteiger partial charge in [-0.3, -0.25) is 4.79 Å². The molecule has 0 atom stereocenters. The lowest BCUT2D eigenvalue weighted by molar-refractivity contribution is -0.137. The van der Waals surface area contributed by atoms with Gasteiger partial charge in [-0.05, 0) is 24.3 Å². The molecule has 0 fully saturated rings. The van der Waals surface area contributed by atoms with Crippen LogP contribution in [0.5, 0.6) is 0 Å². The number of halogens is 3. The van der Waals surface area contributed by atoms with E-state index in [9.17, 15) is 18.0 Å². The maximum absolute atomic E-state index is 12.5. The molecule has 0 aliphatic carbocycles. The van der Waals surface area contributed by atoms with Crippen LogP contribution >= 0.6 is 0 Å². The number of aromatic nitrogens is 3. The van der Waals surface area contributed by atoms with Gasteiger partial charge in [0.2, 0.25) is 0 Å². The minimum Gasteiger partial charge on any atom is -0.344 e. The second kappa shape index (κ2) is 5.14. The normalized spacial score (nSPS) is 11.6. The molecule has 0 bridgehead atoms. The lowest BCUT2D eigenvalue weighted by atomic mass is 10.1. The van der Waals surface area contributed by atoms with Crippen molar-refractivity contribution in [2.45, 2.75) is 6.18 Å². The summed E-state index contributed by atoms with van der Waals surface area (Å²) in [7, 11) is 0. The molecule has 0 unspecified atom stereocenters. The Bertz CT molecular complexity index is 824. The van der Waals surface area contributed by atoms with E-state index in [1.807, 2.05) is 0 Å². The summed E-state index contributed by atoms with van der Waals surface area (Å²) in [6, 6.07) is 3.99. The van der Waals surface area contributed by atoms with Gasteiger partial charge in [-0.1, -0.05) is 0 Å². The Balaban J connectivity index is 1.83. The van der Waals surface area contributed by atoms with Gasteiger partial charge in [-0.25, -0.2) is 9.97 Å². The second-order valence-electron chi connectivity index (χ2n) is 4.52. The number of benzene rings is 1. The predicted molar refractivity (Wildman–Crippen MR) is 73.3 cm³/mol. The second-order valence-corrected chi connectivity index (χ2v) is 4.52. The smallest absolute Gasteiger partial charge is 0.344 e. The summed E-state index contributed by atoms with van der Waals surface area (Å²) in [5.74, 6) is -0.515. The van der Waals surface area contributed by atoms with E-state index in [0.29, 0.717) is 16.7 Å². The van der Waals surface area contributed by atoms with Crippen LogP contribution in [0.1, 0.15) is 15.9 Å². The minimum absolute atomic E-state index is 0.124. The van der Waals surface area contributed by atoms with Gasteiger partial charge in [0, 0.05) is 18.0 Å². The Hall–Kier alpha value is -2.90. The van der Waals surface area contributed by atoms with Crippen LogP contribution in [0.3, 0.4) is 0 Å². The highest BCUT2D eigenvalue weighted by atomic mass is 19.4. The lowest BCUT2D eigenvalue weighted by Crippen LogP contribution is -2.12. The van der Waals surface area contributed by atoms with Gasteiger partial charge in [0.1, 0.15) is 12.0 Å². The standard InChI is InChI=1S/C14H9F3N4O/c15-14(16,17)9-3-1-8(2-4-9)13(22)21-11-6-19-12-10(11)5-18-7-20-12/h1-7H,(H,21,22)(H,18,19,20). The largest absolute Gasteiger partial charge is 0.416 e. The fourth-order valence-corrected chi connectivity index (χ4v) is 1.97. The average Bonchev–Trinajstić information content (AvgIpc) is 2.90. The molecule has 8 heteroatoms. The van der Waals surface area contributed by atoms with E-state index < -0.39 is 17.6 Å². The number of hydrogen-bond acceptors (Lipinski definition) is 3. The zero-order chi connectivity index (χ0) is 15.7. The molecule has 2 heterocycles. The fourth-order valence-electron chi connectivity index (χ4n) is 1.97. The Kier molecular flexibility index (Phi) is 3.28. The van der Waals surface area contributed by atoms with Crippen LogP contribution in [0.4, 0.5) is 18.9 Å². The van der Waals surface area contributed by atoms with E-state index in [1.165, 1.54) is 12.5 Å². The summed E-state index contributed by atoms with van der Waals surface area (Å²) in [6.45, 7) is 0. The maximum Gasteiger partial charge on any atom is 0.416 e. The summed E-state index contributed by atoms with van der Waals surface area (Å²) in [5, 5.41) is 3.22. The van der Waals surface area contributed by atoms with Crippen LogP contribution in [-0.2, 0) is 6.18 Å². The molecule has 3 aromatic rings. The van der Waals surface area contributed by atoms with Gasteiger partial charge in [0.15, 0.2) is 0 Å². The molecule has 3 rings (SSSR count). The van der Waals surface area contributed by atoms with Crippen molar-refractivity contribution < 1.29 is 18.0 Å². The number of alkyl halides is 3. The van der Waals surface area contributed by atoms with E-state index >= 15 is 0 Å². The maximum atomic E-state index is 12.5. The number of hydrogen-bond donors (Lipinski definition) is 2. The van der Waals surface area contributed by atoms with Crippen LogP contribution in [0.15, 0.2) is 43.0 Å². The van der Waals surface area contributed by atoms with E-state index in [-0.39, 0.29) is 5.56 Å². The third-order valence-electron chi connectivity index (χ3n) is 3.08. The number of amides is 1. The quantitative estimate of drug-likeness (QED) is 0.763. The molecule has 2 N–H and O–H groups in total. The van der Waals surface area contributed by atoms with Crippen molar-refractivity contribution in [3.63, 3.8) is 0 Å². The highest BCUT2D eigenvalue weighted by Gasteiger charge is 2.30.